The lowest BCUT2D eigenvalue weighted by Gasteiger charge is -2.09. The van der Waals surface area contributed by atoms with Gasteiger partial charge in [-0.3, -0.25) is 4.79 Å². The van der Waals surface area contributed by atoms with E-state index in [0.717, 1.165) is 13.1 Å². The molecule has 1 atom stereocenters. The number of nitrogens with one attached hydrogen (secondary N) is 1. The summed E-state index contributed by atoms with van der Waals surface area (Å²) in [5.41, 5.74) is 0. The van der Waals surface area contributed by atoms with Crippen LogP contribution in [0.25, 0.3) is 0 Å². The third kappa shape index (κ3) is 7.37. The maximum atomic E-state index is 10.6. The van der Waals surface area contributed by atoms with Gasteiger partial charge in [-0.1, -0.05) is 38.5 Å². The number of hydrogen-bond acceptors (Lipinski definition) is 2. The zero-order valence-corrected chi connectivity index (χ0v) is 11.5. The average molecular weight is 240 g/mol. The van der Waals surface area contributed by atoms with Crippen LogP contribution in [0, 0.1) is 5.92 Å². The van der Waals surface area contributed by atoms with Gasteiger partial charge in [0.15, 0.2) is 0 Å². The first-order valence-corrected chi connectivity index (χ1v) is 7.11. The molecular formula is C14H28N2O. The molecule has 3 nitrogen and oxygen atoms in total. The Kier molecular flexibility index (Phi) is 7.25. The van der Waals surface area contributed by atoms with Gasteiger partial charge in [0.25, 0.3) is 0 Å². The summed E-state index contributed by atoms with van der Waals surface area (Å²) in [4.78, 5) is 12.9. The molecule has 17 heavy (non-hydrogen) atoms. The Balaban J connectivity index is 0.000000202. The smallest absolute Gasteiger partial charge is 0.216 e. The van der Waals surface area contributed by atoms with E-state index in [-0.39, 0.29) is 5.91 Å². The minimum Gasteiger partial charge on any atom is -0.356 e. The number of carbonyl (C=O) groups is 1. The van der Waals surface area contributed by atoms with Crippen LogP contribution in [0.2, 0.25) is 0 Å². The Hall–Kier alpha value is -0.570. The number of nitrogens with zero attached hydrogens (tertiary/aromatic N) is 1. The van der Waals surface area contributed by atoms with Gasteiger partial charge >= 0.3 is 0 Å². The predicted molar refractivity (Wildman–Crippen MR) is 72.0 cm³/mol. The first kappa shape index (κ1) is 14.5. The van der Waals surface area contributed by atoms with Crippen molar-refractivity contribution in [2.45, 2.75) is 51.9 Å². The second kappa shape index (κ2) is 8.51. The van der Waals surface area contributed by atoms with Gasteiger partial charge in [-0.05, 0) is 25.9 Å². The van der Waals surface area contributed by atoms with E-state index in [2.05, 4.69) is 17.3 Å². The molecule has 0 aromatic heterocycles. The van der Waals surface area contributed by atoms with E-state index in [1.54, 1.807) is 6.92 Å². The highest BCUT2D eigenvalue weighted by atomic mass is 16.1. The lowest BCUT2D eigenvalue weighted by molar-refractivity contribution is -0.119. The highest BCUT2D eigenvalue weighted by molar-refractivity contribution is 5.72. The lowest BCUT2D eigenvalue weighted by Crippen LogP contribution is -2.28. The van der Waals surface area contributed by atoms with Gasteiger partial charge in [0.1, 0.15) is 0 Å². The maximum absolute atomic E-state index is 10.6. The van der Waals surface area contributed by atoms with Crippen molar-refractivity contribution >= 4 is 5.91 Å². The summed E-state index contributed by atoms with van der Waals surface area (Å²) in [5, 5.41) is 2.84. The highest BCUT2D eigenvalue weighted by Crippen LogP contribution is 2.15. The van der Waals surface area contributed by atoms with Gasteiger partial charge in [0.2, 0.25) is 5.91 Å². The van der Waals surface area contributed by atoms with Crippen molar-refractivity contribution in [1.82, 2.24) is 10.2 Å². The summed E-state index contributed by atoms with van der Waals surface area (Å²) in [6.45, 7) is 4.71. The minimum absolute atomic E-state index is 0.0829. The molecule has 0 spiro atoms. The Morgan fingerprint density at radius 3 is 2.06 bits per heavy atom. The van der Waals surface area contributed by atoms with E-state index >= 15 is 0 Å². The van der Waals surface area contributed by atoms with E-state index in [0.29, 0.717) is 5.92 Å². The summed E-state index contributed by atoms with van der Waals surface area (Å²) < 4.78 is 0. The molecular weight excluding hydrogens is 212 g/mol. The molecule has 1 saturated heterocycles. The fraction of sp³-hybridized carbons (Fsp3) is 0.929. The van der Waals surface area contributed by atoms with Gasteiger partial charge < -0.3 is 10.2 Å². The van der Waals surface area contributed by atoms with Crippen LogP contribution in [0.1, 0.15) is 51.9 Å². The van der Waals surface area contributed by atoms with Crippen molar-refractivity contribution in [1.29, 1.82) is 0 Å². The van der Waals surface area contributed by atoms with Gasteiger partial charge in [-0.2, -0.15) is 0 Å². The summed E-state index contributed by atoms with van der Waals surface area (Å²) >= 11 is 0. The van der Waals surface area contributed by atoms with E-state index in [1.807, 2.05) is 0 Å². The third-order valence-electron chi connectivity index (χ3n) is 3.63. The normalized spacial score (nSPS) is 24.9. The zero-order valence-electron chi connectivity index (χ0n) is 11.5. The highest BCUT2D eigenvalue weighted by Gasteiger charge is 2.18. The molecule has 1 heterocycles. The number of likely N-dealkylation sites (tertiary alicyclic amines) is 1. The van der Waals surface area contributed by atoms with Crippen molar-refractivity contribution in [3.63, 3.8) is 0 Å². The molecule has 2 aliphatic rings. The Bertz CT molecular complexity index is 203. The molecule has 2 fully saturated rings. The Morgan fingerprint density at radius 1 is 1.18 bits per heavy atom. The molecule has 1 saturated carbocycles. The fourth-order valence-corrected chi connectivity index (χ4v) is 2.54. The molecule has 0 radical (unpaired) electrons. The summed E-state index contributed by atoms with van der Waals surface area (Å²) in [5.74, 6) is 0.753. The lowest BCUT2D eigenvalue weighted by atomic mass is 10.0. The largest absolute Gasteiger partial charge is 0.356 e. The summed E-state index contributed by atoms with van der Waals surface area (Å²) in [6, 6.07) is 0. The van der Waals surface area contributed by atoms with Crippen LogP contribution in [0.5, 0.6) is 0 Å². The van der Waals surface area contributed by atoms with Crippen LogP contribution in [0.3, 0.4) is 0 Å². The fourth-order valence-electron chi connectivity index (χ4n) is 2.54. The molecule has 100 valence electrons. The standard InChI is InChI=1S/C8H16N2O.C6H12/c1-7(11)9-5-8-3-4-10(2)6-8;1-2-4-6-5-3-1/h8H,3-6H2,1-2H3,(H,9,11);1-6H2. The summed E-state index contributed by atoms with van der Waals surface area (Å²) in [6.07, 6.45) is 10.2. The van der Waals surface area contributed by atoms with Crippen LogP contribution in [-0.2, 0) is 4.79 Å². The molecule has 2 rings (SSSR count). The molecule has 3 heteroatoms. The molecule has 0 aromatic carbocycles. The van der Waals surface area contributed by atoms with Crippen molar-refractivity contribution in [3.8, 4) is 0 Å². The summed E-state index contributed by atoms with van der Waals surface area (Å²) in [7, 11) is 2.12. The van der Waals surface area contributed by atoms with Crippen molar-refractivity contribution < 1.29 is 4.79 Å². The number of hydrogen-bond donors (Lipinski definition) is 1. The maximum Gasteiger partial charge on any atom is 0.216 e. The van der Waals surface area contributed by atoms with Crippen molar-refractivity contribution in [3.05, 3.63) is 0 Å². The van der Waals surface area contributed by atoms with E-state index in [1.165, 1.54) is 51.5 Å². The second-order valence-corrected chi connectivity index (χ2v) is 5.48. The molecule has 1 aliphatic carbocycles. The first-order chi connectivity index (χ1) is 8.18. The Labute approximate surface area is 106 Å². The van der Waals surface area contributed by atoms with E-state index < -0.39 is 0 Å². The van der Waals surface area contributed by atoms with Gasteiger partial charge in [0.05, 0.1) is 0 Å². The zero-order chi connectivity index (χ0) is 12.5. The Morgan fingerprint density at radius 2 is 1.71 bits per heavy atom. The van der Waals surface area contributed by atoms with Crippen LogP contribution in [-0.4, -0.2) is 37.5 Å². The molecule has 1 aliphatic heterocycles. The van der Waals surface area contributed by atoms with Crippen LogP contribution < -0.4 is 5.32 Å². The topological polar surface area (TPSA) is 32.3 Å². The molecule has 1 amide bonds. The number of carbonyl (C=O) groups excluding carboxylic acids is 1. The predicted octanol–water partition coefficient (Wildman–Crippen LogP) is 2.41. The average Bonchev–Trinajstić information content (AvgIpc) is 2.76. The first-order valence-electron chi connectivity index (χ1n) is 7.11. The van der Waals surface area contributed by atoms with Crippen molar-refractivity contribution in [2.75, 3.05) is 26.7 Å². The SMILES string of the molecule is C1CCCCC1.CC(=O)NCC1CCN(C)C1. The van der Waals surface area contributed by atoms with Crippen LogP contribution >= 0.6 is 0 Å². The second-order valence-electron chi connectivity index (χ2n) is 5.48. The van der Waals surface area contributed by atoms with Gasteiger partial charge in [0, 0.05) is 20.0 Å². The molecule has 1 unspecified atom stereocenters. The van der Waals surface area contributed by atoms with Crippen LogP contribution in [0.4, 0.5) is 0 Å². The minimum atomic E-state index is 0.0829. The number of amides is 1. The van der Waals surface area contributed by atoms with E-state index in [9.17, 15) is 4.79 Å². The molecule has 1 N–H and O–H groups in total. The number of rotatable bonds is 2. The monoisotopic (exact) mass is 240 g/mol. The molecule has 0 aromatic rings. The quantitative estimate of drug-likeness (QED) is 0.804. The van der Waals surface area contributed by atoms with Crippen LogP contribution in [0.15, 0.2) is 0 Å². The van der Waals surface area contributed by atoms with Gasteiger partial charge in [-0.25, -0.2) is 0 Å². The van der Waals surface area contributed by atoms with E-state index in [4.69, 9.17) is 0 Å². The van der Waals surface area contributed by atoms with Gasteiger partial charge in [-0.15, -0.1) is 0 Å². The molecule has 0 bridgehead atoms. The third-order valence-corrected chi connectivity index (χ3v) is 3.63. The van der Waals surface area contributed by atoms with Crippen molar-refractivity contribution in [2.24, 2.45) is 5.92 Å².